The van der Waals surface area contributed by atoms with E-state index in [0.717, 1.165) is 28.1 Å². The summed E-state index contributed by atoms with van der Waals surface area (Å²) in [5.74, 6) is 0.970. The topological polar surface area (TPSA) is 84.8 Å². The van der Waals surface area contributed by atoms with Crippen molar-refractivity contribution < 1.29 is 4.74 Å². The van der Waals surface area contributed by atoms with Crippen molar-refractivity contribution in [1.82, 2.24) is 9.97 Å². The quantitative estimate of drug-likeness (QED) is 0.798. The third-order valence-electron chi connectivity index (χ3n) is 3.86. The zero-order valence-corrected chi connectivity index (χ0v) is 13.4. The molecule has 0 atom stereocenters. The Morgan fingerprint density at radius 3 is 2.46 bits per heavy atom. The Morgan fingerprint density at radius 1 is 1.12 bits per heavy atom. The third-order valence-corrected chi connectivity index (χ3v) is 3.86. The zero-order chi connectivity index (χ0) is 17.1. The summed E-state index contributed by atoms with van der Waals surface area (Å²) in [5, 5.41) is 9.50. The Morgan fingerprint density at radius 2 is 1.88 bits per heavy atom. The van der Waals surface area contributed by atoms with Crippen molar-refractivity contribution in [1.29, 1.82) is 5.26 Å². The van der Waals surface area contributed by atoms with Crippen LogP contribution < -0.4 is 10.5 Å². The lowest BCUT2D eigenvalue weighted by Crippen LogP contribution is -2.04. The Kier molecular flexibility index (Phi) is 4.13. The Bertz CT molecular complexity index is 913. The summed E-state index contributed by atoms with van der Waals surface area (Å²) < 4.78 is 5.19. The fourth-order valence-electron chi connectivity index (χ4n) is 2.67. The van der Waals surface area contributed by atoms with Gasteiger partial charge in [0.1, 0.15) is 23.2 Å². The summed E-state index contributed by atoms with van der Waals surface area (Å²) >= 11 is 0. The van der Waals surface area contributed by atoms with E-state index in [9.17, 15) is 5.26 Å². The van der Waals surface area contributed by atoms with Gasteiger partial charge in [-0.15, -0.1) is 0 Å². The number of anilines is 1. The van der Waals surface area contributed by atoms with E-state index in [2.05, 4.69) is 16.0 Å². The standard InChI is InChI=1S/C19H16N4O/c1-12-17(16-5-3-4-10-22-16)15(11-20)19(21)23-18(12)13-6-8-14(24-2)9-7-13/h3-10H,1-2H3,(H2,21,23). The van der Waals surface area contributed by atoms with Gasteiger partial charge in [-0.25, -0.2) is 4.98 Å². The van der Waals surface area contributed by atoms with Crippen molar-refractivity contribution in [3.63, 3.8) is 0 Å². The second kappa shape index (κ2) is 6.39. The van der Waals surface area contributed by atoms with Gasteiger partial charge >= 0.3 is 0 Å². The first-order chi connectivity index (χ1) is 11.7. The molecular weight excluding hydrogens is 300 g/mol. The van der Waals surface area contributed by atoms with Crippen molar-refractivity contribution in [3.8, 4) is 34.3 Å². The lowest BCUT2D eigenvalue weighted by Gasteiger charge is -2.14. The van der Waals surface area contributed by atoms with Crippen LogP contribution in [0.4, 0.5) is 5.82 Å². The molecule has 118 valence electrons. The highest BCUT2D eigenvalue weighted by molar-refractivity contribution is 5.82. The van der Waals surface area contributed by atoms with E-state index in [-0.39, 0.29) is 5.82 Å². The number of nitriles is 1. The normalized spacial score (nSPS) is 10.2. The van der Waals surface area contributed by atoms with Gasteiger partial charge in [0.15, 0.2) is 0 Å². The molecule has 0 unspecified atom stereocenters. The Labute approximate surface area is 140 Å². The number of nitrogen functional groups attached to an aromatic ring is 1. The second-order valence-corrected chi connectivity index (χ2v) is 5.28. The van der Waals surface area contributed by atoms with Gasteiger partial charge in [-0.05, 0) is 48.9 Å². The van der Waals surface area contributed by atoms with Crippen molar-refractivity contribution in [2.24, 2.45) is 0 Å². The van der Waals surface area contributed by atoms with Crippen molar-refractivity contribution in [3.05, 3.63) is 59.8 Å². The SMILES string of the molecule is COc1ccc(-c2nc(N)c(C#N)c(-c3ccccn3)c2C)cc1. The molecule has 2 aromatic heterocycles. The molecule has 0 fully saturated rings. The molecule has 0 bridgehead atoms. The van der Waals surface area contributed by atoms with Gasteiger partial charge in [0, 0.05) is 17.3 Å². The molecule has 0 aliphatic heterocycles. The van der Waals surface area contributed by atoms with Crippen molar-refractivity contribution in [2.75, 3.05) is 12.8 Å². The molecule has 0 radical (unpaired) electrons. The van der Waals surface area contributed by atoms with E-state index in [1.807, 2.05) is 49.4 Å². The summed E-state index contributed by atoms with van der Waals surface area (Å²) in [4.78, 5) is 8.81. The van der Waals surface area contributed by atoms with Crippen LogP contribution in [0, 0.1) is 18.3 Å². The van der Waals surface area contributed by atoms with Crippen molar-refractivity contribution >= 4 is 5.82 Å². The third kappa shape index (κ3) is 2.66. The molecule has 0 saturated carbocycles. The highest BCUT2D eigenvalue weighted by atomic mass is 16.5. The molecule has 3 rings (SSSR count). The molecule has 2 heterocycles. The fraction of sp³-hybridized carbons (Fsp3) is 0.105. The Balaban J connectivity index is 2.26. The molecule has 0 aliphatic carbocycles. The first-order valence-electron chi connectivity index (χ1n) is 7.41. The molecule has 5 nitrogen and oxygen atoms in total. The molecule has 0 amide bonds. The van der Waals surface area contributed by atoms with E-state index in [0.29, 0.717) is 11.3 Å². The van der Waals surface area contributed by atoms with E-state index >= 15 is 0 Å². The lowest BCUT2D eigenvalue weighted by molar-refractivity contribution is 0.415. The van der Waals surface area contributed by atoms with Gasteiger partial charge in [-0.3, -0.25) is 4.98 Å². The number of nitrogens with zero attached hydrogens (tertiary/aromatic N) is 3. The molecule has 1 aromatic carbocycles. The van der Waals surface area contributed by atoms with Gasteiger partial charge in [-0.2, -0.15) is 5.26 Å². The minimum Gasteiger partial charge on any atom is -0.497 e. The lowest BCUT2D eigenvalue weighted by atomic mass is 9.95. The van der Waals surface area contributed by atoms with E-state index in [4.69, 9.17) is 10.5 Å². The number of ether oxygens (including phenoxy) is 1. The summed E-state index contributed by atoms with van der Waals surface area (Å²) in [7, 11) is 1.62. The van der Waals surface area contributed by atoms with Crippen molar-refractivity contribution in [2.45, 2.75) is 6.92 Å². The number of pyridine rings is 2. The zero-order valence-electron chi connectivity index (χ0n) is 13.4. The maximum absolute atomic E-state index is 9.50. The first-order valence-corrected chi connectivity index (χ1v) is 7.41. The highest BCUT2D eigenvalue weighted by Gasteiger charge is 2.18. The summed E-state index contributed by atoms with van der Waals surface area (Å²) in [6.07, 6.45) is 1.69. The van der Waals surface area contributed by atoms with Gasteiger partial charge < -0.3 is 10.5 Å². The molecule has 0 aliphatic rings. The molecular formula is C19H16N4O. The fourth-order valence-corrected chi connectivity index (χ4v) is 2.67. The smallest absolute Gasteiger partial charge is 0.142 e. The van der Waals surface area contributed by atoms with Gasteiger partial charge in [0.25, 0.3) is 0 Å². The first kappa shape index (κ1) is 15.5. The second-order valence-electron chi connectivity index (χ2n) is 5.28. The monoisotopic (exact) mass is 316 g/mol. The van der Waals surface area contributed by atoms with Gasteiger partial charge in [0.2, 0.25) is 0 Å². The number of aromatic nitrogens is 2. The molecule has 24 heavy (non-hydrogen) atoms. The number of benzene rings is 1. The highest BCUT2D eigenvalue weighted by Crippen LogP contribution is 2.35. The average molecular weight is 316 g/mol. The van der Waals surface area contributed by atoms with Crippen LogP contribution in [0.1, 0.15) is 11.1 Å². The Hall–Kier alpha value is -3.39. The average Bonchev–Trinajstić information content (AvgIpc) is 2.63. The van der Waals surface area contributed by atoms with Crippen LogP contribution in [0.25, 0.3) is 22.5 Å². The number of hydrogen-bond acceptors (Lipinski definition) is 5. The number of hydrogen-bond donors (Lipinski definition) is 1. The molecule has 0 saturated heterocycles. The summed E-state index contributed by atoms with van der Waals surface area (Å²) in [6, 6.07) is 15.3. The number of methoxy groups -OCH3 is 1. The van der Waals surface area contributed by atoms with E-state index < -0.39 is 0 Å². The van der Waals surface area contributed by atoms with Crippen LogP contribution in [-0.2, 0) is 0 Å². The van der Waals surface area contributed by atoms with Crippen LogP contribution in [0.2, 0.25) is 0 Å². The van der Waals surface area contributed by atoms with E-state index in [1.54, 1.807) is 13.3 Å². The van der Waals surface area contributed by atoms with E-state index in [1.165, 1.54) is 0 Å². The predicted octanol–water partition coefficient (Wildman–Crippen LogP) is 3.58. The maximum atomic E-state index is 9.50. The van der Waals surface area contributed by atoms with Crippen LogP contribution in [0.3, 0.4) is 0 Å². The minimum absolute atomic E-state index is 0.203. The summed E-state index contributed by atoms with van der Waals surface area (Å²) in [6.45, 7) is 1.93. The maximum Gasteiger partial charge on any atom is 0.142 e. The van der Waals surface area contributed by atoms with Crippen LogP contribution >= 0.6 is 0 Å². The van der Waals surface area contributed by atoms with Gasteiger partial charge in [-0.1, -0.05) is 6.07 Å². The number of nitrogens with two attached hydrogens (primary N) is 1. The molecule has 5 heteroatoms. The molecule has 0 spiro atoms. The minimum atomic E-state index is 0.203. The largest absolute Gasteiger partial charge is 0.497 e. The predicted molar refractivity (Wildman–Crippen MR) is 93.3 cm³/mol. The number of rotatable bonds is 3. The van der Waals surface area contributed by atoms with Crippen LogP contribution in [-0.4, -0.2) is 17.1 Å². The van der Waals surface area contributed by atoms with Crippen LogP contribution in [0.15, 0.2) is 48.7 Å². The van der Waals surface area contributed by atoms with Gasteiger partial charge in [0.05, 0.1) is 18.5 Å². The van der Waals surface area contributed by atoms with Crippen LogP contribution in [0.5, 0.6) is 5.75 Å². The molecule has 2 N–H and O–H groups in total. The molecule has 3 aromatic rings. The summed E-state index contributed by atoms with van der Waals surface area (Å²) in [5.41, 5.74) is 10.3.